The van der Waals surface area contributed by atoms with Crippen LogP contribution in [0, 0.1) is 6.92 Å². The Morgan fingerprint density at radius 2 is 2.25 bits per heavy atom. The fourth-order valence-corrected chi connectivity index (χ4v) is 1.60. The normalized spacial score (nSPS) is 21.9. The topological polar surface area (TPSA) is 32.3 Å². The van der Waals surface area contributed by atoms with Crippen LogP contribution < -0.4 is 5.32 Å². The first-order valence-corrected chi connectivity index (χ1v) is 4.30. The molecular weight excluding hydrogens is 150 g/mol. The van der Waals surface area contributed by atoms with Crippen LogP contribution in [0.5, 0.6) is 5.75 Å². The van der Waals surface area contributed by atoms with Gasteiger partial charge < -0.3 is 10.4 Å². The lowest BCUT2D eigenvalue weighted by Crippen LogP contribution is -2.35. The van der Waals surface area contributed by atoms with E-state index in [2.05, 4.69) is 5.32 Å². The van der Waals surface area contributed by atoms with E-state index in [0.29, 0.717) is 11.8 Å². The summed E-state index contributed by atoms with van der Waals surface area (Å²) >= 11 is 0. The third kappa shape index (κ3) is 1.18. The summed E-state index contributed by atoms with van der Waals surface area (Å²) in [7, 11) is 0. The molecule has 1 heterocycles. The zero-order chi connectivity index (χ0) is 8.55. The molecule has 1 aliphatic rings. The summed E-state index contributed by atoms with van der Waals surface area (Å²) in [4.78, 5) is 0. The van der Waals surface area contributed by atoms with Gasteiger partial charge in [-0.25, -0.2) is 0 Å². The van der Waals surface area contributed by atoms with Crippen molar-refractivity contribution in [1.82, 2.24) is 5.32 Å². The van der Waals surface area contributed by atoms with Crippen molar-refractivity contribution >= 4 is 0 Å². The molecule has 1 saturated heterocycles. The molecule has 1 aromatic rings. The van der Waals surface area contributed by atoms with Gasteiger partial charge in [-0.05, 0) is 43.1 Å². The molecule has 0 amide bonds. The van der Waals surface area contributed by atoms with E-state index in [4.69, 9.17) is 0 Å². The molecule has 0 radical (unpaired) electrons. The summed E-state index contributed by atoms with van der Waals surface area (Å²) in [5, 5.41) is 12.5. The SMILES string of the molecule is Cc1cc(O)ccc1[C@@H]1CCN1. The average Bonchev–Trinajstić information content (AvgIpc) is 1.91. The van der Waals surface area contributed by atoms with Crippen molar-refractivity contribution in [1.29, 1.82) is 0 Å². The Bertz CT molecular complexity index is 292. The maximum Gasteiger partial charge on any atom is 0.115 e. The lowest BCUT2D eigenvalue weighted by Gasteiger charge is -2.29. The molecule has 1 fully saturated rings. The quantitative estimate of drug-likeness (QED) is 0.661. The van der Waals surface area contributed by atoms with Crippen molar-refractivity contribution in [3.8, 4) is 5.75 Å². The first kappa shape index (κ1) is 7.62. The van der Waals surface area contributed by atoms with E-state index >= 15 is 0 Å². The average molecular weight is 163 g/mol. The number of aryl methyl sites for hydroxylation is 1. The number of hydrogen-bond donors (Lipinski definition) is 2. The number of phenolic OH excluding ortho intramolecular Hbond substituents is 1. The summed E-state index contributed by atoms with van der Waals surface area (Å²) in [6.07, 6.45) is 1.21. The van der Waals surface area contributed by atoms with Crippen molar-refractivity contribution < 1.29 is 5.11 Å². The molecule has 2 N–H and O–H groups in total. The molecule has 2 rings (SSSR count). The van der Waals surface area contributed by atoms with E-state index in [-0.39, 0.29) is 0 Å². The van der Waals surface area contributed by atoms with E-state index in [9.17, 15) is 5.11 Å². The molecule has 2 heteroatoms. The summed E-state index contributed by atoms with van der Waals surface area (Å²) in [6, 6.07) is 6.09. The maximum atomic E-state index is 9.19. The highest BCUT2D eigenvalue weighted by Crippen LogP contribution is 2.27. The molecule has 12 heavy (non-hydrogen) atoms. The number of benzene rings is 1. The monoisotopic (exact) mass is 163 g/mol. The van der Waals surface area contributed by atoms with Gasteiger partial charge in [-0.15, -0.1) is 0 Å². The Hall–Kier alpha value is -1.02. The maximum absolute atomic E-state index is 9.19. The van der Waals surface area contributed by atoms with Gasteiger partial charge in [-0.1, -0.05) is 6.07 Å². The lowest BCUT2D eigenvalue weighted by atomic mass is 9.94. The fraction of sp³-hybridized carbons (Fsp3) is 0.400. The van der Waals surface area contributed by atoms with Gasteiger partial charge >= 0.3 is 0 Å². The lowest BCUT2D eigenvalue weighted by molar-refractivity contribution is 0.381. The molecule has 1 aromatic carbocycles. The van der Waals surface area contributed by atoms with Crippen LogP contribution in [0.1, 0.15) is 23.6 Å². The van der Waals surface area contributed by atoms with Crippen LogP contribution in [-0.2, 0) is 0 Å². The fourth-order valence-electron chi connectivity index (χ4n) is 1.60. The first-order chi connectivity index (χ1) is 5.77. The number of phenols is 1. The minimum atomic E-state index is 0.357. The van der Waals surface area contributed by atoms with E-state index in [1.807, 2.05) is 19.1 Å². The largest absolute Gasteiger partial charge is 0.508 e. The second kappa shape index (κ2) is 2.79. The van der Waals surface area contributed by atoms with Gasteiger partial charge in [0.2, 0.25) is 0 Å². The van der Waals surface area contributed by atoms with Gasteiger partial charge in [0.15, 0.2) is 0 Å². The predicted molar refractivity (Wildman–Crippen MR) is 48.2 cm³/mol. The molecular formula is C10H13NO. The minimum Gasteiger partial charge on any atom is -0.508 e. The van der Waals surface area contributed by atoms with Crippen LogP contribution in [0.25, 0.3) is 0 Å². The summed E-state index contributed by atoms with van der Waals surface area (Å²) < 4.78 is 0. The number of hydrogen-bond acceptors (Lipinski definition) is 2. The molecule has 0 spiro atoms. The van der Waals surface area contributed by atoms with E-state index in [1.165, 1.54) is 17.5 Å². The second-order valence-electron chi connectivity index (χ2n) is 3.34. The molecule has 64 valence electrons. The van der Waals surface area contributed by atoms with Crippen LogP contribution in [-0.4, -0.2) is 11.7 Å². The van der Waals surface area contributed by atoms with Gasteiger partial charge in [0, 0.05) is 6.04 Å². The summed E-state index contributed by atoms with van der Waals surface area (Å²) in [5.74, 6) is 0.357. The van der Waals surface area contributed by atoms with Crippen molar-refractivity contribution in [3.05, 3.63) is 29.3 Å². The van der Waals surface area contributed by atoms with Crippen molar-refractivity contribution in [3.63, 3.8) is 0 Å². The number of nitrogens with one attached hydrogen (secondary N) is 1. The molecule has 0 bridgehead atoms. The molecule has 1 aliphatic heterocycles. The van der Waals surface area contributed by atoms with Gasteiger partial charge in [0.25, 0.3) is 0 Å². The van der Waals surface area contributed by atoms with E-state index in [1.54, 1.807) is 6.07 Å². The van der Waals surface area contributed by atoms with Crippen molar-refractivity contribution in [2.45, 2.75) is 19.4 Å². The van der Waals surface area contributed by atoms with E-state index in [0.717, 1.165) is 6.54 Å². The molecule has 0 aromatic heterocycles. The Morgan fingerprint density at radius 1 is 1.50 bits per heavy atom. The highest BCUT2D eigenvalue weighted by Gasteiger charge is 2.19. The smallest absolute Gasteiger partial charge is 0.115 e. The third-order valence-corrected chi connectivity index (χ3v) is 2.45. The standard InChI is InChI=1S/C10H13NO/c1-7-6-8(12)2-3-9(7)10-4-5-11-10/h2-3,6,10-12H,4-5H2,1H3/t10-/m0/s1. The Kier molecular flexibility index (Phi) is 1.77. The van der Waals surface area contributed by atoms with Crippen LogP contribution in [0.3, 0.4) is 0 Å². The Balaban J connectivity index is 2.31. The molecule has 0 saturated carbocycles. The molecule has 2 nitrogen and oxygen atoms in total. The summed E-state index contributed by atoms with van der Waals surface area (Å²) in [5.41, 5.74) is 2.49. The van der Waals surface area contributed by atoms with Gasteiger partial charge in [-0.2, -0.15) is 0 Å². The highest BCUT2D eigenvalue weighted by atomic mass is 16.3. The van der Waals surface area contributed by atoms with Crippen LogP contribution in [0.4, 0.5) is 0 Å². The molecule has 0 aliphatic carbocycles. The zero-order valence-electron chi connectivity index (χ0n) is 7.17. The second-order valence-corrected chi connectivity index (χ2v) is 3.34. The van der Waals surface area contributed by atoms with E-state index < -0.39 is 0 Å². The zero-order valence-corrected chi connectivity index (χ0v) is 7.17. The molecule has 1 atom stereocenters. The van der Waals surface area contributed by atoms with Gasteiger partial charge in [0.05, 0.1) is 0 Å². The van der Waals surface area contributed by atoms with Gasteiger partial charge in [0.1, 0.15) is 5.75 Å². The molecule has 0 unspecified atom stereocenters. The van der Waals surface area contributed by atoms with Crippen molar-refractivity contribution in [2.75, 3.05) is 6.54 Å². The van der Waals surface area contributed by atoms with Crippen LogP contribution >= 0.6 is 0 Å². The third-order valence-electron chi connectivity index (χ3n) is 2.45. The summed E-state index contributed by atoms with van der Waals surface area (Å²) in [6.45, 7) is 3.15. The van der Waals surface area contributed by atoms with Crippen LogP contribution in [0.2, 0.25) is 0 Å². The number of aromatic hydroxyl groups is 1. The highest BCUT2D eigenvalue weighted by molar-refractivity contribution is 5.36. The Labute approximate surface area is 72.2 Å². The van der Waals surface area contributed by atoms with Crippen molar-refractivity contribution in [2.24, 2.45) is 0 Å². The predicted octanol–water partition coefficient (Wildman–Crippen LogP) is 1.74. The Morgan fingerprint density at radius 3 is 2.75 bits per heavy atom. The minimum absolute atomic E-state index is 0.357. The van der Waals surface area contributed by atoms with Crippen LogP contribution in [0.15, 0.2) is 18.2 Å². The number of rotatable bonds is 1. The van der Waals surface area contributed by atoms with Gasteiger partial charge in [-0.3, -0.25) is 0 Å². The first-order valence-electron chi connectivity index (χ1n) is 4.30.